The van der Waals surface area contributed by atoms with Crippen LogP contribution in [0.5, 0.6) is 0 Å². The zero-order valence-corrected chi connectivity index (χ0v) is 35.3. The lowest BCUT2D eigenvalue weighted by atomic mass is 10.1. The van der Waals surface area contributed by atoms with Gasteiger partial charge < -0.3 is 20.1 Å². The zero-order chi connectivity index (χ0) is 40.3. The van der Waals surface area contributed by atoms with Crippen LogP contribution in [0.1, 0.15) is 155 Å². The molecule has 2 atom stereocenters. The number of ether oxygens (including phenoxy) is 2. The van der Waals surface area contributed by atoms with Crippen LogP contribution in [0.15, 0.2) is 85.1 Å². The zero-order valence-electron chi connectivity index (χ0n) is 34.4. The quantitative estimate of drug-likeness (QED) is 0.0271. The lowest BCUT2D eigenvalue weighted by molar-refractivity contribution is -0.161. The summed E-state index contributed by atoms with van der Waals surface area (Å²) in [6.07, 6.45) is 50.4. The lowest BCUT2D eigenvalue weighted by Gasteiger charge is -2.19. The summed E-state index contributed by atoms with van der Waals surface area (Å²) in [5.74, 6) is -0.914. The molecule has 0 spiro atoms. The summed E-state index contributed by atoms with van der Waals surface area (Å²) in [7, 11) is -4.40. The Labute approximate surface area is 334 Å². The van der Waals surface area contributed by atoms with Gasteiger partial charge in [-0.3, -0.25) is 18.6 Å². The van der Waals surface area contributed by atoms with Gasteiger partial charge in [-0.1, -0.05) is 144 Å². The Morgan fingerprint density at radius 3 is 1.55 bits per heavy atom. The highest BCUT2D eigenvalue weighted by Gasteiger charge is 2.25. The Balaban J connectivity index is 4.30. The molecule has 10 heteroatoms. The molecule has 0 rings (SSSR count). The van der Waals surface area contributed by atoms with E-state index in [0.29, 0.717) is 19.3 Å². The second kappa shape index (κ2) is 40.8. The summed E-state index contributed by atoms with van der Waals surface area (Å²) in [5, 5.41) is 0. The number of rotatable bonds is 38. The van der Waals surface area contributed by atoms with Gasteiger partial charge in [-0.15, -0.1) is 0 Å². The van der Waals surface area contributed by atoms with E-state index >= 15 is 0 Å². The van der Waals surface area contributed by atoms with Crippen LogP contribution in [-0.2, 0) is 32.7 Å². The first-order valence-corrected chi connectivity index (χ1v) is 22.6. The SMILES string of the molecule is CC/C=C/C/C=C/C/C=C/C/C=C/C/C=C/CCCC(=O)O[C@H](COC(=O)CCCCCCCCC/C=C/C/C=C/CCCCC)COP(=O)(O)OCCN. The molecule has 55 heavy (non-hydrogen) atoms. The number of phosphoric acid groups is 1. The summed E-state index contributed by atoms with van der Waals surface area (Å²) in [5.41, 5.74) is 5.34. The van der Waals surface area contributed by atoms with Gasteiger partial charge in [-0.05, 0) is 83.5 Å². The van der Waals surface area contributed by atoms with Gasteiger partial charge in [0, 0.05) is 19.4 Å². The van der Waals surface area contributed by atoms with Crippen LogP contribution >= 0.6 is 7.82 Å². The van der Waals surface area contributed by atoms with Gasteiger partial charge in [0.15, 0.2) is 6.10 Å². The van der Waals surface area contributed by atoms with Crippen molar-refractivity contribution in [2.45, 2.75) is 161 Å². The van der Waals surface area contributed by atoms with Crippen molar-refractivity contribution >= 4 is 19.8 Å². The van der Waals surface area contributed by atoms with E-state index in [1.165, 1.54) is 44.9 Å². The summed E-state index contributed by atoms with van der Waals surface area (Å²) < 4.78 is 32.7. The largest absolute Gasteiger partial charge is 0.472 e. The minimum Gasteiger partial charge on any atom is -0.462 e. The molecule has 0 aromatic rings. The minimum atomic E-state index is -4.40. The van der Waals surface area contributed by atoms with Gasteiger partial charge in [0.2, 0.25) is 0 Å². The van der Waals surface area contributed by atoms with E-state index < -0.39 is 32.5 Å². The summed E-state index contributed by atoms with van der Waals surface area (Å²) in [6, 6.07) is 0. The molecule has 0 radical (unpaired) electrons. The van der Waals surface area contributed by atoms with Crippen LogP contribution in [0.3, 0.4) is 0 Å². The third-order valence-corrected chi connectivity index (χ3v) is 9.25. The minimum absolute atomic E-state index is 0.0387. The Morgan fingerprint density at radius 1 is 0.564 bits per heavy atom. The lowest BCUT2D eigenvalue weighted by Crippen LogP contribution is -2.29. The standard InChI is InChI=1S/C45H76NO8P/c1-3-5-7-9-11-13-15-17-19-21-23-25-27-29-31-33-35-37-44(47)51-41-43(42-53-55(49,50)52-40-39-46)54-45(48)38-36-34-32-30-28-26-24-22-20-18-16-14-12-10-8-6-4-2/h6,8,11-14,17-20,24,26,30,32,43H,3-5,7,9-10,15-16,21-23,25,27-29,31,33-42,46H2,1-2H3,(H,49,50)/b8-6+,13-11+,14-12+,19-17+,20-18+,26-24+,32-30+/t43-/m1/s1. The number of nitrogens with two attached hydrogens (primary N) is 1. The molecule has 0 saturated carbocycles. The smallest absolute Gasteiger partial charge is 0.462 e. The van der Waals surface area contributed by atoms with Crippen LogP contribution < -0.4 is 5.73 Å². The molecule has 3 N–H and O–H groups in total. The maximum atomic E-state index is 12.5. The van der Waals surface area contributed by atoms with Crippen LogP contribution in [0.2, 0.25) is 0 Å². The molecule has 0 heterocycles. The first-order valence-electron chi connectivity index (χ1n) is 21.1. The van der Waals surface area contributed by atoms with Crippen molar-refractivity contribution in [1.82, 2.24) is 0 Å². The molecular formula is C45H76NO8P. The summed E-state index contributed by atoms with van der Waals surface area (Å²) in [4.78, 5) is 34.8. The van der Waals surface area contributed by atoms with Crippen LogP contribution in [0.25, 0.3) is 0 Å². The van der Waals surface area contributed by atoms with Crippen LogP contribution in [0, 0.1) is 0 Å². The molecule has 0 aliphatic heterocycles. The van der Waals surface area contributed by atoms with Crippen molar-refractivity contribution in [3.63, 3.8) is 0 Å². The summed E-state index contributed by atoms with van der Waals surface area (Å²) >= 11 is 0. The second-order valence-corrected chi connectivity index (χ2v) is 14.9. The topological polar surface area (TPSA) is 134 Å². The Bertz CT molecular complexity index is 1170. The molecule has 1 unspecified atom stereocenters. The third-order valence-electron chi connectivity index (χ3n) is 8.27. The molecule has 314 valence electrons. The van der Waals surface area contributed by atoms with E-state index in [9.17, 15) is 19.0 Å². The van der Waals surface area contributed by atoms with Crippen molar-refractivity contribution in [2.24, 2.45) is 5.73 Å². The number of carbonyl (C=O) groups is 2. The highest BCUT2D eigenvalue weighted by Crippen LogP contribution is 2.43. The number of phosphoric ester groups is 1. The Hall–Kier alpha value is -2.81. The highest BCUT2D eigenvalue weighted by atomic mass is 31.2. The number of carbonyl (C=O) groups excluding carboxylic acids is 2. The first-order chi connectivity index (χ1) is 26.8. The molecule has 0 aromatic carbocycles. The van der Waals surface area contributed by atoms with Crippen LogP contribution in [-0.4, -0.2) is 49.3 Å². The van der Waals surface area contributed by atoms with E-state index in [2.05, 4.69) is 92.8 Å². The van der Waals surface area contributed by atoms with Gasteiger partial charge in [-0.25, -0.2) is 4.57 Å². The molecule has 0 bridgehead atoms. The molecule has 0 fully saturated rings. The van der Waals surface area contributed by atoms with Crippen molar-refractivity contribution in [2.75, 3.05) is 26.4 Å². The van der Waals surface area contributed by atoms with E-state index in [-0.39, 0.29) is 32.6 Å². The van der Waals surface area contributed by atoms with Gasteiger partial charge in [-0.2, -0.15) is 0 Å². The molecule has 0 amide bonds. The number of hydrogen-bond acceptors (Lipinski definition) is 8. The Kier molecular flexibility index (Phi) is 38.8. The van der Waals surface area contributed by atoms with Crippen molar-refractivity contribution in [1.29, 1.82) is 0 Å². The molecule has 0 aliphatic rings. The predicted octanol–water partition coefficient (Wildman–Crippen LogP) is 12.0. The van der Waals surface area contributed by atoms with E-state index in [0.717, 1.165) is 64.2 Å². The molecular weight excluding hydrogens is 713 g/mol. The second-order valence-electron chi connectivity index (χ2n) is 13.5. The van der Waals surface area contributed by atoms with Gasteiger partial charge >= 0.3 is 19.8 Å². The van der Waals surface area contributed by atoms with Gasteiger partial charge in [0.05, 0.1) is 13.2 Å². The van der Waals surface area contributed by atoms with Crippen molar-refractivity contribution in [3.05, 3.63) is 85.1 Å². The number of hydrogen-bond donors (Lipinski definition) is 2. The molecule has 9 nitrogen and oxygen atoms in total. The average Bonchev–Trinajstić information content (AvgIpc) is 3.17. The van der Waals surface area contributed by atoms with Gasteiger partial charge in [0.25, 0.3) is 0 Å². The van der Waals surface area contributed by atoms with Crippen LogP contribution in [0.4, 0.5) is 0 Å². The van der Waals surface area contributed by atoms with Crippen molar-refractivity contribution < 1.29 is 37.6 Å². The van der Waals surface area contributed by atoms with E-state index in [1.807, 2.05) is 6.08 Å². The third kappa shape index (κ3) is 40.7. The highest BCUT2D eigenvalue weighted by molar-refractivity contribution is 7.47. The summed E-state index contributed by atoms with van der Waals surface area (Å²) in [6.45, 7) is 3.49. The number of unbranched alkanes of at least 4 members (excludes halogenated alkanes) is 11. The fourth-order valence-electron chi connectivity index (χ4n) is 5.17. The van der Waals surface area contributed by atoms with Crippen molar-refractivity contribution in [3.8, 4) is 0 Å². The fourth-order valence-corrected chi connectivity index (χ4v) is 5.93. The Morgan fingerprint density at radius 2 is 1.02 bits per heavy atom. The number of esters is 2. The molecule has 0 saturated heterocycles. The number of allylic oxidation sites excluding steroid dienone is 14. The first kappa shape index (κ1) is 52.2. The van der Waals surface area contributed by atoms with Gasteiger partial charge in [0.1, 0.15) is 6.61 Å². The fraction of sp³-hybridized carbons (Fsp3) is 0.644. The molecule has 0 aliphatic carbocycles. The van der Waals surface area contributed by atoms with E-state index in [1.54, 1.807) is 0 Å². The maximum Gasteiger partial charge on any atom is 0.472 e. The van der Waals surface area contributed by atoms with E-state index in [4.69, 9.17) is 24.3 Å². The maximum absolute atomic E-state index is 12.5. The average molecular weight is 790 g/mol. The monoisotopic (exact) mass is 790 g/mol. The predicted molar refractivity (Wildman–Crippen MR) is 229 cm³/mol. The normalized spacial score (nSPS) is 14.2. The molecule has 0 aromatic heterocycles.